The predicted molar refractivity (Wildman–Crippen MR) is 128 cm³/mol. The van der Waals surface area contributed by atoms with Crippen LogP contribution >= 0.6 is 48.2 Å². The van der Waals surface area contributed by atoms with Crippen molar-refractivity contribution >= 4 is 48.2 Å². The molecule has 0 spiro atoms. The second-order valence-corrected chi connectivity index (χ2v) is 8.44. The van der Waals surface area contributed by atoms with E-state index >= 15 is 0 Å². The standard InChI is InChI=1S/C22H29ClN2S.2ClH/c1-2-3-4-8-21(25-16-14-24-15-17-25)20-7-5-6-9-22(20)26-19-12-10-18(23)11-13-19;;/h5-7,9-13,21,24H,2-4,8,14-17H2,1H3;2*1H/t21-;;/m0../s1. The second-order valence-electron chi connectivity index (χ2n) is 6.89. The molecule has 0 amide bonds. The maximum atomic E-state index is 6.05. The van der Waals surface area contributed by atoms with Gasteiger partial charge in [-0.05, 0) is 42.3 Å². The van der Waals surface area contributed by atoms with E-state index in [-0.39, 0.29) is 24.8 Å². The van der Waals surface area contributed by atoms with Gasteiger partial charge in [0.15, 0.2) is 0 Å². The Balaban J connectivity index is 0.00000196. The first-order valence-corrected chi connectivity index (χ1v) is 10.9. The molecular weight excluding hydrogens is 431 g/mol. The number of rotatable bonds is 8. The van der Waals surface area contributed by atoms with Crippen molar-refractivity contribution in [3.8, 4) is 0 Å². The largest absolute Gasteiger partial charge is 0.314 e. The number of nitrogens with zero attached hydrogens (tertiary/aromatic N) is 1. The number of benzene rings is 2. The second kappa shape index (κ2) is 13.7. The summed E-state index contributed by atoms with van der Waals surface area (Å²) < 4.78 is 0. The third kappa shape index (κ3) is 7.44. The van der Waals surface area contributed by atoms with Crippen LogP contribution in [0.15, 0.2) is 58.3 Å². The third-order valence-electron chi connectivity index (χ3n) is 4.99. The molecule has 0 aromatic heterocycles. The molecule has 0 saturated carbocycles. The number of hydrogen-bond donors (Lipinski definition) is 1. The molecule has 2 nitrogen and oxygen atoms in total. The highest BCUT2D eigenvalue weighted by atomic mass is 35.5. The Morgan fingerprint density at radius 1 is 1.00 bits per heavy atom. The van der Waals surface area contributed by atoms with Gasteiger partial charge in [-0.1, -0.05) is 67.7 Å². The highest BCUT2D eigenvalue weighted by molar-refractivity contribution is 7.99. The summed E-state index contributed by atoms with van der Waals surface area (Å²) in [7, 11) is 0. The molecule has 1 fully saturated rings. The zero-order valence-corrected chi connectivity index (χ0v) is 19.6. The van der Waals surface area contributed by atoms with Gasteiger partial charge in [0.05, 0.1) is 0 Å². The Morgan fingerprint density at radius 2 is 1.68 bits per heavy atom. The first kappa shape index (κ1) is 25.6. The molecule has 0 aliphatic carbocycles. The summed E-state index contributed by atoms with van der Waals surface area (Å²) in [6.07, 6.45) is 5.13. The molecule has 3 rings (SSSR count). The summed E-state index contributed by atoms with van der Waals surface area (Å²) in [5.74, 6) is 0. The number of unbranched alkanes of at least 4 members (excludes halogenated alkanes) is 2. The molecule has 2 aromatic carbocycles. The minimum Gasteiger partial charge on any atom is -0.314 e. The molecule has 0 bridgehead atoms. The van der Waals surface area contributed by atoms with Crippen LogP contribution in [0.25, 0.3) is 0 Å². The van der Waals surface area contributed by atoms with Crippen LogP contribution in [0.3, 0.4) is 0 Å². The molecular formula is C22H31Cl3N2S. The topological polar surface area (TPSA) is 15.3 Å². The summed E-state index contributed by atoms with van der Waals surface area (Å²) in [4.78, 5) is 5.29. The molecule has 2 aromatic rings. The van der Waals surface area contributed by atoms with E-state index in [2.05, 4.69) is 53.5 Å². The normalized spacial score (nSPS) is 15.4. The van der Waals surface area contributed by atoms with Crippen molar-refractivity contribution in [2.75, 3.05) is 26.2 Å². The van der Waals surface area contributed by atoms with Gasteiger partial charge in [0, 0.05) is 47.0 Å². The molecule has 6 heteroatoms. The summed E-state index contributed by atoms with van der Waals surface area (Å²) in [5, 5.41) is 4.28. The molecule has 1 heterocycles. The smallest absolute Gasteiger partial charge is 0.0406 e. The molecule has 0 unspecified atom stereocenters. The summed E-state index contributed by atoms with van der Waals surface area (Å²) in [5.41, 5.74) is 1.48. The number of hydrogen-bond acceptors (Lipinski definition) is 3. The van der Waals surface area contributed by atoms with Crippen LogP contribution in [0.1, 0.15) is 44.2 Å². The summed E-state index contributed by atoms with van der Waals surface area (Å²) in [6, 6.07) is 17.6. The highest BCUT2D eigenvalue weighted by Gasteiger charge is 2.24. The van der Waals surface area contributed by atoms with Crippen LogP contribution in [-0.4, -0.2) is 31.1 Å². The average molecular weight is 462 g/mol. The SMILES string of the molecule is CCCCC[C@@H](c1ccccc1Sc1ccc(Cl)cc1)N1CCNCC1.Cl.Cl. The monoisotopic (exact) mass is 460 g/mol. The van der Waals surface area contributed by atoms with E-state index in [1.54, 1.807) is 0 Å². The van der Waals surface area contributed by atoms with Gasteiger partial charge in [0.2, 0.25) is 0 Å². The molecule has 1 N–H and O–H groups in total. The Labute approximate surface area is 191 Å². The Morgan fingerprint density at radius 3 is 2.36 bits per heavy atom. The zero-order valence-electron chi connectivity index (χ0n) is 16.4. The number of halogens is 3. The molecule has 1 aliphatic rings. The van der Waals surface area contributed by atoms with E-state index < -0.39 is 0 Å². The van der Waals surface area contributed by atoms with Crippen LogP contribution in [0.2, 0.25) is 5.02 Å². The van der Waals surface area contributed by atoms with Crippen LogP contribution < -0.4 is 5.32 Å². The van der Waals surface area contributed by atoms with Crippen molar-refractivity contribution in [2.45, 2.75) is 48.4 Å². The maximum absolute atomic E-state index is 6.05. The molecule has 0 radical (unpaired) electrons. The van der Waals surface area contributed by atoms with E-state index in [1.165, 1.54) is 41.0 Å². The molecule has 1 aliphatic heterocycles. The van der Waals surface area contributed by atoms with E-state index in [1.807, 2.05) is 23.9 Å². The highest BCUT2D eigenvalue weighted by Crippen LogP contribution is 2.37. The van der Waals surface area contributed by atoms with Gasteiger partial charge in [0.1, 0.15) is 0 Å². The zero-order chi connectivity index (χ0) is 18.2. The van der Waals surface area contributed by atoms with Crippen molar-refractivity contribution in [1.82, 2.24) is 10.2 Å². The minimum absolute atomic E-state index is 0. The first-order chi connectivity index (χ1) is 12.8. The van der Waals surface area contributed by atoms with Gasteiger partial charge in [-0.15, -0.1) is 24.8 Å². The van der Waals surface area contributed by atoms with E-state index in [4.69, 9.17) is 11.6 Å². The number of piperazine rings is 1. The van der Waals surface area contributed by atoms with Crippen LogP contribution in [0.4, 0.5) is 0 Å². The molecule has 28 heavy (non-hydrogen) atoms. The maximum Gasteiger partial charge on any atom is 0.0406 e. The van der Waals surface area contributed by atoms with Gasteiger partial charge < -0.3 is 5.32 Å². The molecule has 1 atom stereocenters. The van der Waals surface area contributed by atoms with Crippen molar-refractivity contribution < 1.29 is 0 Å². The Hall–Kier alpha value is -0.420. The van der Waals surface area contributed by atoms with Crippen LogP contribution in [0.5, 0.6) is 0 Å². The number of nitrogens with one attached hydrogen (secondary N) is 1. The first-order valence-electron chi connectivity index (χ1n) is 9.75. The van der Waals surface area contributed by atoms with Crippen LogP contribution in [0, 0.1) is 0 Å². The van der Waals surface area contributed by atoms with E-state index in [9.17, 15) is 0 Å². The summed E-state index contributed by atoms with van der Waals surface area (Å²) in [6.45, 7) is 6.74. The lowest BCUT2D eigenvalue weighted by Crippen LogP contribution is -2.45. The van der Waals surface area contributed by atoms with E-state index in [0.29, 0.717) is 6.04 Å². The van der Waals surface area contributed by atoms with Crippen molar-refractivity contribution in [3.63, 3.8) is 0 Å². The fourth-order valence-corrected chi connectivity index (χ4v) is 4.72. The Bertz CT molecular complexity index is 676. The van der Waals surface area contributed by atoms with E-state index in [0.717, 1.165) is 31.2 Å². The third-order valence-corrected chi connectivity index (χ3v) is 6.34. The van der Waals surface area contributed by atoms with Crippen molar-refractivity contribution in [2.24, 2.45) is 0 Å². The van der Waals surface area contributed by atoms with Crippen molar-refractivity contribution in [1.29, 1.82) is 0 Å². The summed E-state index contributed by atoms with van der Waals surface area (Å²) >= 11 is 7.90. The van der Waals surface area contributed by atoms with Gasteiger partial charge in [-0.3, -0.25) is 4.90 Å². The Kier molecular flexibility index (Phi) is 12.6. The fourth-order valence-electron chi connectivity index (χ4n) is 3.59. The minimum atomic E-state index is 0. The fraction of sp³-hybridized carbons (Fsp3) is 0.455. The molecule has 156 valence electrons. The quantitative estimate of drug-likeness (QED) is 0.432. The lowest BCUT2D eigenvalue weighted by atomic mass is 9.98. The van der Waals surface area contributed by atoms with Gasteiger partial charge in [-0.25, -0.2) is 0 Å². The molecule has 1 saturated heterocycles. The lowest BCUT2D eigenvalue weighted by molar-refractivity contribution is 0.161. The predicted octanol–water partition coefficient (Wildman–Crippen LogP) is 6.86. The average Bonchev–Trinajstić information content (AvgIpc) is 2.69. The van der Waals surface area contributed by atoms with Crippen molar-refractivity contribution in [3.05, 3.63) is 59.1 Å². The van der Waals surface area contributed by atoms with Crippen LogP contribution in [-0.2, 0) is 0 Å². The van der Waals surface area contributed by atoms with Gasteiger partial charge in [0.25, 0.3) is 0 Å². The van der Waals surface area contributed by atoms with Gasteiger partial charge in [-0.2, -0.15) is 0 Å². The van der Waals surface area contributed by atoms with Gasteiger partial charge >= 0.3 is 0 Å². The lowest BCUT2D eigenvalue weighted by Gasteiger charge is -2.36.